The molecule has 2 aliphatic rings. The Morgan fingerprint density at radius 3 is 2.20 bits per heavy atom. The van der Waals surface area contributed by atoms with Crippen molar-refractivity contribution < 1.29 is 4.74 Å². The molecule has 1 N–H and O–H groups in total. The maximum atomic E-state index is 6.36. The zero-order chi connectivity index (χ0) is 10.6. The molecule has 0 radical (unpaired) electrons. The minimum Gasteiger partial charge on any atom is -0.372 e. The van der Waals surface area contributed by atoms with Crippen LogP contribution in [0.4, 0.5) is 0 Å². The first kappa shape index (κ1) is 11.4. The van der Waals surface area contributed by atoms with E-state index in [0.717, 1.165) is 13.1 Å². The van der Waals surface area contributed by atoms with Crippen LogP contribution in [0.1, 0.15) is 58.3 Å². The zero-order valence-corrected chi connectivity index (χ0v) is 10.1. The zero-order valence-electron chi connectivity index (χ0n) is 10.1. The molecule has 1 heterocycles. The molecule has 15 heavy (non-hydrogen) atoms. The molecule has 0 bridgehead atoms. The molecule has 0 aromatic carbocycles. The minimum absolute atomic E-state index is 0.167. The van der Waals surface area contributed by atoms with Gasteiger partial charge in [-0.25, -0.2) is 0 Å². The molecule has 1 aliphatic carbocycles. The summed E-state index contributed by atoms with van der Waals surface area (Å²) in [5.41, 5.74) is 0.167. The van der Waals surface area contributed by atoms with E-state index in [1.807, 2.05) is 0 Å². The molecule has 2 fully saturated rings. The van der Waals surface area contributed by atoms with Crippen LogP contribution in [-0.2, 0) is 4.74 Å². The van der Waals surface area contributed by atoms with Crippen molar-refractivity contribution >= 4 is 0 Å². The topological polar surface area (TPSA) is 21.3 Å². The molecule has 2 heteroatoms. The van der Waals surface area contributed by atoms with Gasteiger partial charge in [0.05, 0.1) is 11.7 Å². The molecule has 1 aliphatic heterocycles. The maximum Gasteiger partial charge on any atom is 0.0682 e. The van der Waals surface area contributed by atoms with Gasteiger partial charge in [-0.15, -0.1) is 0 Å². The first-order chi connectivity index (χ1) is 7.29. The molecule has 0 amide bonds. The van der Waals surface area contributed by atoms with E-state index in [1.54, 1.807) is 0 Å². The van der Waals surface area contributed by atoms with Gasteiger partial charge in [0.25, 0.3) is 0 Å². The quantitative estimate of drug-likeness (QED) is 0.709. The second-order valence-corrected chi connectivity index (χ2v) is 5.43. The van der Waals surface area contributed by atoms with Crippen LogP contribution < -0.4 is 5.32 Å². The third-order valence-electron chi connectivity index (χ3n) is 3.91. The highest BCUT2D eigenvalue weighted by atomic mass is 16.5. The van der Waals surface area contributed by atoms with Crippen molar-refractivity contribution in [3.05, 3.63) is 0 Å². The fraction of sp³-hybridized carbons (Fsp3) is 1.00. The smallest absolute Gasteiger partial charge is 0.0682 e. The number of hydrogen-bond acceptors (Lipinski definition) is 2. The number of piperidine rings is 1. The average molecular weight is 211 g/mol. The summed E-state index contributed by atoms with van der Waals surface area (Å²) in [6.45, 7) is 4.56. The van der Waals surface area contributed by atoms with Crippen molar-refractivity contribution in [2.24, 2.45) is 0 Å². The molecule has 0 aromatic heterocycles. The van der Waals surface area contributed by atoms with Gasteiger partial charge in [0.1, 0.15) is 0 Å². The van der Waals surface area contributed by atoms with Gasteiger partial charge in [0.2, 0.25) is 0 Å². The van der Waals surface area contributed by atoms with E-state index in [4.69, 9.17) is 4.74 Å². The maximum absolute atomic E-state index is 6.36. The predicted octanol–water partition coefficient (Wildman–Crippen LogP) is 2.87. The largest absolute Gasteiger partial charge is 0.372 e. The van der Waals surface area contributed by atoms with Crippen LogP contribution in [0.15, 0.2) is 0 Å². The lowest BCUT2D eigenvalue weighted by Crippen LogP contribution is -2.43. The lowest BCUT2D eigenvalue weighted by atomic mass is 9.94. The van der Waals surface area contributed by atoms with Gasteiger partial charge >= 0.3 is 0 Å². The van der Waals surface area contributed by atoms with Gasteiger partial charge in [-0.3, -0.25) is 0 Å². The first-order valence-electron chi connectivity index (χ1n) is 6.67. The van der Waals surface area contributed by atoms with E-state index in [-0.39, 0.29) is 5.60 Å². The predicted molar refractivity (Wildman–Crippen MR) is 63.1 cm³/mol. The van der Waals surface area contributed by atoms with E-state index < -0.39 is 0 Å². The van der Waals surface area contributed by atoms with Gasteiger partial charge < -0.3 is 10.1 Å². The number of ether oxygens (including phenoxy) is 1. The van der Waals surface area contributed by atoms with Crippen LogP contribution in [0, 0.1) is 0 Å². The highest BCUT2D eigenvalue weighted by Gasteiger charge is 2.30. The third-order valence-corrected chi connectivity index (χ3v) is 3.91. The molecule has 1 saturated carbocycles. The summed E-state index contributed by atoms with van der Waals surface area (Å²) in [6.07, 6.45) is 11.1. The summed E-state index contributed by atoms with van der Waals surface area (Å²) in [5.74, 6) is 0. The van der Waals surface area contributed by atoms with Crippen LogP contribution in [0.2, 0.25) is 0 Å². The Bertz CT molecular complexity index is 179. The minimum atomic E-state index is 0.167. The van der Waals surface area contributed by atoms with E-state index in [0.29, 0.717) is 6.10 Å². The molecular weight excluding hydrogens is 186 g/mol. The number of rotatable bonds is 2. The summed E-state index contributed by atoms with van der Waals surface area (Å²) in [6, 6.07) is 0. The Morgan fingerprint density at radius 2 is 1.60 bits per heavy atom. The molecule has 0 unspecified atom stereocenters. The molecule has 0 spiro atoms. The van der Waals surface area contributed by atoms with Crippen LogP contribution in [0.5, 0.6) is 0 Å². The van der Waals surface area contributed by atoms with Gasteiger partial charge in [-0.1, -0.05) is 25.7 Å². The van der Waals surface area contributed by atoms with Gasteiger partial charge in [0.15, 0.2) is 0 Å². The summed E-state index contributed by atoms with van der Waals surface area (Å²) >= 11 is 0. The molecular formula is C13H25NO. The number of nitrogens with one attached hydrogen (secondary N) is 1. The monoisotopic (exact) mass is 211 g/mol. The Kier molecular flexibility index (Phi) is 4.04. The Morgan fingerprint density at radius 1 is 1.00 bits per heavy atom. The second kappa shape index (κ2) is 5.31. The van der Waals surface area contributed by atoms with Crippen LogP contribution >= 0.6 is 0 Å². The standard InChI is InChI=1S/C13H25NO/c1-13(8-10-14-11-9-13)15-12-6-4-2-3-5-7-12/h12,14H,2-11H2,1H3. The Labute approximate surface area is 93.8 Å². The highest BCUT2D eigenvalue weighted by molar-refractivity contribution is 4.83. The van der Waals surface area contributed by atoms with Gasteiger partial charge in [-0.2, -0.15) is 0 Å². The van der Waals surface area contributed by atoms with Crippen LogP contribution in [0.25, 0.3) is 0 Å². The van der Waals surface area contributed by atoms with E-state index >= 15 is 0 Å². The fourth-order valence-electron chi connectivity index (χ4n) is 2.84. The van der Waals surface area contributed by atoms with Gasteiger partial charge in [0, 0.05) is 0 Å². The molecule has 2 rings (SSSR count). The molecule has 0 atom stereocenters. The summed E-state index contributed by atoms with van der Waals surface area (Å²) in [5, 5.41) is 3.41. The average Bonchev–Trinajstić information content (AvgIpc) is 2.47. The van der Waals surface area contributed by atoms with Crippen molar-refractivity contribution in [3.63, 3.8) is 0 Å². The van der Waals surface area contributed by atoms with Gasteiger partial charge in [-0.05, 0) is 45.7 Å². The SMILES string of the molecule is CC1(OC2CCCCCC2)CCNCC1. The van der Waals surface area contributed by atoms with Crippen LogP contribution in [0.3, 0.4) is 0 Å². The lowest BCUT2D eigenvalue weighted by molar-refractivity contribution is -0.102. The van der Waals surface area contributed by atoms with Crippen molar-refractivity contribution in [1.29, 1.82) is 0 Å². The first-order valence-corrected chi connectivity index (χ1v) is 6.67. The van der Waals surface area contributed by atoms with Crippen molar-refractivity contribution in [3.8, 4) is 0 Å². The summed E-state index contributed by atoms with van der Waals surface area (Å²) in [4.78, 5) is 0. The van der Waals surface area contributed by atoms with Crippen LogP contribution in [-0.4, -0.2) is 24.8 Å². The number of hydrogen-bond donors (Lipinski definition) is 1. The highest BCUT2D eigenvalue weighted by Crippen LogP contribution is 2.29. The third kappa shape index (κ3) is 3.46. The van der Waals surface area contributed by atoms with Crippen molar-refractivity contribution in [2.75, 3.05) is 13.1 Å². The Hall–Kier alpha value is -0.0800. The van der Waals surface area contributed by atoms with E-state index in [1.165, 1.54) is 51.4 Å². The second-order valence-electron chi connectivity index (χ2n) is 5.43. The molecule has 0 aromatic rings. The lowest BCUT2D eigenvalue weighted by Gasteiger charge is -2.37. The van der Waals surface area contributed by atoms with E-state index in [9.17, 15) is 0 Å². The molecule has 88 valence electrons. The summed E-state index contributed by atoms with van der Waals surface area (Å²) < 4.78 is 6.36. The molecule has 2 nitrogen and oxygen atoms in total. The molecule has 1 saturated heterocycles. The fourth-order valence-corrected chi connectivity index (χ4v) is 2.84. The van der Waals surface area contributed by atoms with E-state index in [2.05, 4.69) is 12.2 Å². The Balaban J connectivity index is 1.82. The van der Waals surface area contributed by atoms with Crippen molar-refractivity contribution in [2.45, 2.75) is 70.0 Å². The summed E-state index contributed by atoms with van der Waals surface area (Å²) in [7, 11) is 0. The normalized spacial score (nSPS) is 28.6. The van der Waals surface area contributed by atoms with Crippen molar-refractivity contribution in [1.82, 2.24) is 5.32 Å².